The molecule has 0 spiro atoms. The van der Waals surface area contributed by atoms with E-state index in [0.717, 1.165) is 5.92 Å². The summed E-state index contributed by atoms with van der Waals surface area (Å²) in [6.45, 7) is 21.9. The SMILES string of the molecule is CCCCCCCCCCCCCCCCCC[N+](CCCCCCCCCCCCCCCC)(CCCC(C)C)Cc1c(C)cc(C)cc1C. The molecule has 0 aromatic heterocycles. The Labute approximate surface area is 323 Å². The van der Waals surface area contributed by atoms with E-state index in [-0.39, 0.29) is 0 Å². The summed E-state index contributed by atoms with van der Waals surface area (Å²) in [4.78, 5) is 0. The summed E-state index contributed by atoms with van der Waals surface area (Å²) < 4.78 is 1.34. The first-order valence-corrected chi connectivity index (χ1v) is 23.8. The molecule has 1 nitrogen and oxygen atoms in total. The molecule has 0 aliphatic heterocycles. The van der Waals surface area contributed by atoms with E-state index in [1.165, 1.54) is 253 Å². The molecule has 0 aliphatic rings. The van der Waals surface area contributed by atoms with Crippen molar-refractivity contribution in [3.05, 3.63) is 34.4 Å². The Kier molecular flexibility index (Phi) is 31.9. The molecule has 0 saturated carbocycles. The molecule has 0 radical (unpaired) electrons. The van der Waals surface area contributed by atoms with Crippen LogP contribution in [0.25, 0.3) is 0 Å². The van der Waals surface area contributed by atoms with Crippen molar-refractivity contribution in [3.63, 3.8) is 0 Å². The van der Waals surface area contributed by atoms with Gasteiger partial charge in [0.1, 0.15) is 6.54 Å². The van der Waals surface area contributed by atoms with Gasteiger partial charge in [-0.25, -0.2) is 0 Å². The predicted molar refractivity (Wildman–Crippen MR) is 233 cm³/mol. The lowest BCUT2D eigenvalue weighted by Gasteiger charge is -2.40. The van der Waals surface area contributed by atoms with E-state index in [9.17, 15) is 0 Å². The second kappa shape index (κ2) is 33.7. The third-order valence-corrected chi connectivity index (χ3v) is 12.2. The molecule has 1 aromatic rings. The van der Waals surface area contributed by atoms with E-state index in [4.69, 9.17) is 0 Å². The van der Waals surface area contributed by atoms with Gasteiger partial charge in [0.05, 0.1) is 19.6 Å². The highest BCUT2D eigenvalue weighted by Gasteiger charge is 2.28. The fraction of sp³-hybridized carbons (Fsp3) is 0.880. The first-order chi connectivity index (χ1) is 24.8. The van der Waals surface area contributed by atoms with Gasteiger partial charge in [-0.2, -0.15) is 0 Å². The zero-order valence-corrected chi connectivity index (χ0v) is 36.6. The molecule has 1 unspecified atom stereocenters. The number of unbranched alkanes of at least 4 members (excludes halogenated alkanes) is 28. The number of quaternary nitrogens is 1. The number of benzene rings is 1. The molecule has 0 bridgehead atoms. The van der Waals surface area contributed by atoms with Crippen LogP contribution in [-0.2, 0) is 6.54 Å². The van der Waals surface area contributed by atoms with E-state index >= 15 is 0 Å². The molecular weight excluding hydrogens is 615 g/mol. The lowest BCUT2D eigenvalue weighted by Crippen LogP contribution is -2.49. The molecule has 1 heteroatoms. The van der Waals surface area contributed by atoms with Crippen LogP contribution in [0.1, 0.15) is 255 Å². The summed E-state index contributed by atoms with van der Waals surface area (Å²) in [7, 11) is 0. The van der Waals surface area contributed by atoms with E-state index in [1.807, 2.05) is 0 Å². The van der Waals surface area contributed by atoms with Crippen LogP contribution in [0.2, 0.25) is 0 Å². The largest absolute Gasteiger partial charge is 0.320 e. The van der Waals surface area contributed by atoms with Gasteiger partial charge >= 0.3 is 0 Å². The van der Waals surface area contributed by atoms with E-state index in [2.05, 4.69) is 60.6 Å². The Morgan fingerprint density at radius 3 is 0.961 bits per heavy atom. The Hall–Kier alpha value is -0.820. The van der Waals surface area contributed by atoms with Gasteiger partial charge in [0, 0.05) is 5.56 Å². The Balaban J connectivity index is 2.53. The second-order valence-corrected chi connectivity index (χ2v) is 18.0. The zero-order valence-electron chi connectivity index (χ0n) is 36.6. The van der Waals surface area contributed by atoms with E-state index in [0.29, 0.717) is 0 Å². The van der Waals surface area contributed by atoms with Crippen molar-refractivity contribution < 1.29 is 4.48 Å². The normalized spacial score (nSPS) is 13.0. The molecule has 1 aromatic carbocycles. The summed E-state index contributed by atoms with van der Waals surface area (Å²) >= 11 is 0. The highest BCUT2D eigenvalue weighted by molar-refractivity contribution is 5.37. The van der Waals surface area contributed by atoms with Crippen LogP contribution in [0.15, 0.2) is 12.1 Å². The van der Waals surface area contributed by atoms with Crippen molar-refractivity contribution in [2.24, 2.45) is 5.92 Å². The quantitative estimate of drug-likeness (QED) is 0.0473. The van der Waals surface area contributed by atoms with Crippen molar-refractivity contribution in [3.8, 4) is 0 Å². The molecule has 0 N–H and O–H groups in total. The third-order valence-electron chi connectivity index (χ3n) is 12.2. The lowest BCUT2D eigenvalue weighted by atomic mass is 9.97. The summed E-state index contributed by atoms with van der Waals surface area (Å²) in [5, 5.41) is 0. The lowest BCUT2D eigenvalue weighted by molar-refractivity contribution is -0.941. The van der Waals surface area contributed by atoms with Crippen molar-refractivity contribution >= 4 is 0 Å². The molecule has 0 saturated heterocycles. The van der Waals surface area contributed by atoms with E-state index in [1.54, 1.807) is 5.56 Å². The van der Waals surface area contributed by atoms with Crippen LogP contribution in [0.4, 0.5) is 0 Å². The minimum Gasteiger partial charge on any atom is -0.320 e. The van der Waals surface area contributed by atoms with Crippen LogP contribution in [0, 0.1) is 26.7 Å². The summed E-state index contributed by atoms with van der Waals surface area (Å²) in [5.41, 5.74) is 6.15. The van der Waals surface area contributed by atoms with Crippen LogP contribution in [0.5, 0.6) is 0 Å². The minimum absolute atomic E-state index is 0.811. The fourth-order valence-corrected chi connectivity index (χ4v) is 8.84. The fourth-order valence-electron chi connectivity index (χ4n) is 8.84. The highest BCUT2D eigenvalue weighted by atomic mass is 15.3. The minimum atomic E-state index is 0.811. The van der Waals surface area contributed by atoms with E-state index < -0.39 is 0 Å². The van der Waals surface area contributed by atoms with Crippen LogP contribution in [-0.4, -0.2) is 24.1 Å². The molecular formula is C50H96N+. The summed E-state index contributed by atoms with van der Waals surface area (Å²) in [6, 6.07) is 4.90. The molecule has 51 heavy (non-hydrogen) atoms. The zero-order chi connectivity index (χ0) is 37.3. The van der Waals surface area contributed by atoms with Gasteiger partial charge in [0.2, 0.25) is 0 Å². The topological polar surface area (TPSA) is 0 Å². The Bertz CT molecular complexity index is 862. The van der Waals surface area contributed by atoms with Crippen molar-refractivity contribution in [1.29, 1.82) is 0 Å². The third kappa shape index (κ3) is 27.4. The number of aryl methyl sites for hydroxylation is 3. The van der Waals surface area contributed by atoms with Crippen LogP contribution >= 0.6 is 0 Å². The van der Waals surface area contributed by atoms with Gasteiger partial charge in [0.25, 0.3) is 0 Å². The molecule has 0 fully saturated rings. The van der Waals surface area contributed by atoms with Crippen LogP contribution < -0.4 is 0 Å². The van der Waals surface area contributed by atoms with Crippen molar-refractivity contribution in [2.75, 3.05) is 19.6 Å². The average molecular weight is 711 g/mol. The molecule has 1 atom stereocenters. The maximum atomic E-state index is 2.45. The van der Waals surface area contributed by atoms with Gasteiger partial charge in [-0.05, 0) is 76.3 Å². The van der Waals surface area contributed by atoms with Crippen molar-refractivity contribution in [2.45, 2.75) is 260 Å². The van der Waals surface area contributed by atoms with Gasteiger partial charge < -0.3 is 4.48 Å². The Morgan fingerprint density at radius 2 is 0.667 bits per heavy atom. The maximum absolute atomic E-state index is 2.45. The number of nitrogens with zero attached hydrogens (tertiary/aromatic N) is 1. The molecule has 0 aliphatic carbocycles. The summed E-state index contributed by atoms with van der Waals surface area (Å²) in [5.74, 6) is 0.811. The highest BCUT2D eigenvalue weighted by Crippen LogP contribution is 2.27. The first kappa shape index (κ1) is 48.2. The molecule has 0 heterocycles. The maximum Gasteiger partial charge on any atom is 0.105 e. The number of hydrogen-bond donors (Lipinski definition) is 0. The second-order valence-electron chi connectivity index (χ2n) is 18.0. The molecule has 300 valence electrons. The van der Waals surface area contributed by atoms with Crippen LogP contribution in [0.3, 0.4) is 0 Å². The predicted octanol–water partition coefficient (Wildman–Crippen LogP) is 17.1. The summed E-state index contributed by atoms with van der Waals surface area (Å²) in [6.07, 6.45) is 46.3. The average Bonchev–Trinajstić information content (AvgIpc) is 3.09. The van der Waals surface area contributed by atoms with Gasteiger partial charge in [-0.3, -0.25) is 0 Å². The number of rotatable bonds is 38. The van der Waals surface area contributed by atoms with Gasteiger partial charge in [-0.15, -0.1) is 0 Å². The number of hydrogen-bond acceptors (Lipinski definition) is 0. The van der Waals surface area contributed by atoms with Gasteiger partial charge in [0.15, 0.2) is 0 Å². The monoisotopic (exact) mass is 711 g/mol. The first-order valence-electron chi connectivity index (χ1n) is 23.8. The smallest absolute Gasteiger partial charge is 0.105 e. The molecule has 0 amide bonds. The van der Waals surface area contributed by atoms with Crippen molar-refractivity contribution in [1.82, 2.24) is 0 Å². The van der Waals surface area contributed by atoms with Gasteiger partial charge in [-0.1, -0.05) is 212 Å². The standard InChI is InChI=1S/C50H96N/c1-8-10-12-14-16-18-20-22-24-25-27-29-31-33-35-37-41-51(42-38-39-46(3)4,45-50-48(6)43-47(5)44-49(50)7)40-36-34-32-30-28-26-23-21-19-17-15-13-11-9-2/h43-44,46H,8-42,45H2,1-7H3/q+1. The molecule has 1 rings (SSSR count). The Morgan fingerprint density at radius 1 is 0.392 bits per heavy atom.